The second-order valence-electron chi connectivity index (χ2n) is 15.6. The van der Waals surface area contributed by atoms with Crippen molar-refractivity contribution in [1.29, 1.82) is 0 Å². The van der Waals surface area contributed by atoms with Gasteiger partial charge in [-0.15, -0.1) is 11.8 Å². The number of nitrogens with one attached hydrogen (secondary N) is 1. The predicted molar refractivity (Wildman–Crippen MR) is 216 cm³/mol. The highest BCUT2D eigenvalue weighted by molar-refractivity contribution is 8.00. The number of thioether (sulfide) groups is 1. The number of rotatable bonds is 21. The molecule has 3 aromatic rings. The van der Waals surface area contributed by atoms with E-state index in [1.807, 2.05) is 52.1 Å². The molecule has 2 fully saturated rings. The third-order valence-electron chi connectivity index (χ3n) is 11.0. The van der Waals surface area contributed by atoms with Crippen LogP contribution in [0.1, 0.15) is 95.4 Å². The van der Waals surface area contributed by atoms with Crippen molar-refractivity contribution < 1.29 is 37.9 Å². The number of aromatic nitrogens is 1. The molecule has 2 aliphatic rings. The van der Waals surface area contributed by atoms with Crippen LogP contribution in [0.3, 0.4) is 0 Å². The molecule has 1 aliphatic heterocycles. The monoisotopic (exact) mass is 807 g/mol. The summed E-state index contributed by atoms with van der Waals surface area (Å²) in [5.41, 5.74) is 7.47. The Morgan fingerprint density at radius 2 is 1.70 bits per heavy atom. The zero-order valence-electron chi connectivity index (χ0n) is 32.9. The van der Waals surface area contributed by atoms with Gasteiger partial charge in [0.2, 0.25) is 23.6 Å². The number of imide groups is 1. The van der Waals surface area contributed by atoms with Gasteiger partial charge >= 0.3 is 5.97 Å². The van der Waals surface area contributed by atoms with Gasteiger partial charge in [-0.2, -0.15) is 0 Å². The van der Waals surface area contributed by atoms with Crippen LogP contribution in [0, 0.1) is 23.0 Å². The standard InChI is InChI=1S/C43H55F2N5O6S/c1-43(2)41(55)50(42(43)56)21-11-5-10-17-37(51)47-35(40(53)54)27-57-28-38(52)49(22-12-20-46)39(30-15-8-4-9-16-30)36-23-31(33-24-32(44)18-19-34(33)45)26-48(36)25-29-13-6-3-7-14-29/h3,6-7,13-14,18-19,23-24,26,30,35,39H,4-5,8-12,15-17,20-22,25,27-28,46H2,1-2H3,(H,47,51)(H,53,54). The summed E-state index contributed by atoms with van der Waals surface area (Å²) in [4.78, 5) is 66.5. The number of carboxylic acid groups (broad SMARTS) is 1. The molecule has 2 atom stereocenters. The van der Waals surface area contributed by atoms with Crippen molar-refractivity contribution in [3.63, 3.8) is 0 Å². The summed E-state index contributed by atoms with van der Waals surface area (Å²) in [6, 6.07) is 13.4. The van der Waals surface area contributed by atoms with Crippen LogP contribution in [-0.4, -0.2) is 86.3 Å². The maximum atomic E-state index is 15.2. The topological polar surface area (TPSA) is 155 Å². The first-order chi connectivity index (χ1) is 27.3. The molecular formula is C43H55F2N5O6S. The first-order valence-electron chi connectivity index (χ1n) is 20.0. The number of halogens is 2. The Labute approximate surface area is 337 Å². The Kier molecular flexibility index (Phi) is 15.5. The fraction of sp³-hybridized carbons (Fsp3) is 0.512. The Bertz CT molecular complexity index is 1860. The molecule has 14 heteroatoms. The quantitative estimate of drug-likeness (QED) is 0.0623. The molecule has 1 saturated heterocycles. The maximum absolute atomic E-state index is 15.2. The SMILES string of the molecule is CC1(C)C(=O)N(CCCCCC(=O)NC(CSCC(=O)N(CCCN)C(c2cc(-c3cc(F)ccc3F)cn2Cc2ccccc2)C2CCCCC2)C(=O)O)C1=O. The van der Waals surface area contributed by atoms with Crippen LogP contribution in [0.4, 0.5) is 8.78 Å². The van der Waals surface area contributed by atoms with Crippen LogP contribution in [-0.2, 0) is 30.5 Å². The number of nitrogens with two attached hydrogens (primary N) is 1. The molecule has 1 aromatic heterocycles. The van der Waals surface area contributed by atoms with Gasteiger partial charge in [0, 0.05) is 54.8 Å². The van der Waals surface area contributed by atoms with E-state index < -0.39 is 41.0 Å². The molecule has 2 unspecified atom stereocenters. The molecule has 57 heavy (non-hydrogen) atoms. The van der Waals surface area contributed by atoms with E-state index in [2.05, 4.69) is 5.32 Å². The third-order valence-corrected chi connectivity index (χ3v) is 12.0. The number of benzene rings is 2. The van der Waals surface area contributed by atoms with E-state index >= 15 is 4.39 Å². The number of β-lactam (4-membered cyclic amide) rings is 2. The fourth-order valence-corrected chi connectivity index (χ4v) is 8.80. The molecule has 1 saturated carbocycles. The van der Waals surface area contributed by atoms with E-state index in [1.165, 1.54) is 11.0 Å². The van der Waals surface area contributed by atoms with Gasteiger partial charge in [-0.25, -0.2) is 13.6 Å². The first-order valence-corrected chi connectivity index (χ1v) is 21.1. The van der Waals surface area contributed by atoms with Crippen molar-refractivity contribution in [1.82, 2.24) is 19.7 Å². The van der Waals surface area contributed by atoms with E-state index in [0.717, 1.165) is 67.3 Å². The summed E-state index contributed by atoms with van der Waals surface area (Å²) in [6.07, 6.45) is 8.86. The van der Waals surface area contributed by atoms with Crippen molar-refractivity contribution in [2.75, 3.05) is 31.1 Å². The van der Waals surface area contributed by atoms with E-state index in [0.29, 0.717) is 57.4 Å². The molecule has 5 rings (SSSR count). The van der Waals surface area contributed by atoms with Crippen LogP contribution in [0.25, 0.3) is 11.1 Å². The summed E-state index contributed by atoms with van der Waals surface area (Å²) >= 11 is 1.13. The molecule has 2 heterocycles. The van der Waals surface area contributed by atoms with Crippen LogP contribution in [0.2, 0.25) is 0 Å². The number of aliphatic carboxylic acids is 1. The number of hydrogen-bond acceptors (Lipinski definition) is 7. The molecule has 4 N–H and O–H groups in total. The van der Waals surface area contributed by atoms with Gasteiger partial charge in [0.25, 0.3) is 0 Å². The predicted octanol–water partition coefficient (Wildman–Crippen LogP) is 6.54. The van der Waals surface area contributed by atoms with Crippen molar-refractivity contribution >= 4 is 41.4 Å². The largest absolute Gasteiger partial charge is 0.480 e. The van der Waals surface area contributed by atoms with Crippen LogP contribution < -0.4 is 11.1 Å². The Balaban J connectivity index is 1.29. The van der Waals surface area contributed by atoms with Crippen LogP contribution in [0.5, 0.6) is 0 Å². The lowest BCUT2D eigenvalue weighted by Gasteiger charge is -2.41. The summed E-state index contributed by atoms with van der Waals surface area (Å²) in [6.45, 7) is 4.63. The zero-order valence-corrected chi connectivity index (χ0v) is 33.7. The minimum Gasteiger partial charge on any atom is -0.480 e. The molecule has 0 spiro atoms. The second-order valence-corrected chi connectivity index (χ2v) is 16.7. The number of carboxylic acids is 1. The summed E-state index contributed by atoms with van der Waals surface area (Å²) < 4.78 is 31.7. The summed E-state index contributed by atoms with van der Waals surface area (Å²) in [5.74, 6) is -3.35. The van der Waals surface area contributed by atoms with E-state index in [9.17, 15) is 33.5 Å². The molecule has 1 aliphatic carbocycles. The second kappa shape index (κ2) is 20.2. The Hall–Kier alpha value is -4.56. The zero-order chi connectivity index (χ0) is 41.1. The van der Waals surface area contributed by atoms with Gasteiger partial charge in [0.05, 0.1) is 11.8 Å². The van der Waals surface area contributed by atoms with E-state index in [1.54, 1.807) is 13.8 Å². The number of likely N-dealkylation sites (tertiary alicyclic amines) is 1. The van der Waals surface area contributed by atoms with Crippen molar-refractivity contribution in [2.24, 2.45) is 17.1 Å². The average molecular weight is 808 g/mol. The lowest BCUT2D eigenvalue weighted by atomic mass is 9.81. The number of carbonyl (C=O) groups is 5. The van der Waals surface area contributed by atoms with Gasteiger partial charge < -0.3 is 25.6 Å². The number of amides is 4. The highest BCUT2D eigenvalue weighted by atomic mass is 32.2. The number of unbranched alkanes of at least 4 members (excludes halogenated alkanes) is 2. The minimum absolute atomic E-state index is 0.0337. The third kappa shape index (κ3) is 11.1. The lowest BCUT2D eigenvalue weighted by molar-refractivity contribution is -0.174. The highest BCUT2D eigenvalue weighted by Gasteiger charge is 2.53. The molecule has 11 nitrogen and oxygen atoms in total. The van der Waals surface area contributed by atoms with Gasteiger partial charge in [-0.3, -0.25) is 24.1 Å². The molecule has 0 radical (unpaired) electrons. The van der Waals surface area contributed by atoms with Gasteiger partial charge in [0.15, 0.2) is 0 Å². The number of hydrogen-bond donors (Lipinski definition) is 3. The molecule has 0 bridgehead atoms. The van der Waals surface area contributed by atoms with Crippen molar-refractivity contribution in [3.8, 4) is 11.1 Å². The van der Waals surface area contributed by atoms with Gasteiger partial charge in [-0.1, -0.05) is 56.0 Å². The van der Waals surface area contributed by atoms with Gasteiger partial charge in [-0.05, 0) is 88.2 Å². The minimum atomic E-state index is -1.22. The normalized spacial score (nSPS) is 16.5. The maximum Gasteiger partial charge on any atom is 0.327 e. The van der Waals surface area contributed by atoms with Crippen molar-refractivity contribution in [2.45, 2.75) is 96.7 Å². The van der Waals surface area contributed by atoms with Crippen LogP contribution in [0.15, 0.2) is 60.8 Å². The van der Waals surface area contributed by atoms with E-state index in [-0.39, 0.29) is 47.1 Å². The highest BCUT2D eigenvalue weighted by Crippen LogP contribution is 2.41. The molecular weight excluding hydrogens is 753 g/mol. The van der Waals surface area contributed by atoms with E-state index in [4.69, 9.17) is 5.73 Å². The number of nitrogens with zero attached hydrogens (tertiary/aromatic N) is 3. The average Bonchev–Trinajstić information content (AvgIpc) is 3.60. The van der Waals surface area contributed by atoms with Crippen molar-refractivity contribution in [3.05, 3.63) is 83.7 Å². The summed E-state index contributed by atoms with van der Waals surface area (Å²) in [7, 11) is 0. The molecule has 308 valence electrons. The summed E-state index contributed by atoms with van der Waals surface area (Å²) in [5, 5.41) is 12.5. The smallest absolute Gasteiger partial charge is 0.327 e. The Morgan fingerprint density at radius 1 is 0.982 bits per heavy atom. The number of carbonyl (C=O) groups excluding carboxylic acids is 4. The van der Waals surface area contributed by atoms with Crippen LogP contribution >= 0.6 is 11.8 Å². The molecule has 4 amide bonds. The van der Waals surface area contributed by atoms with Gasteiger partial charge in [0.1, 0.15) is 23.1 Å². The lowest BCUT2D eigenvalue weighted by Crippen LogP contribution is -2.63. The molecule has 2 aromatic carbocycles. The Morgan fingerprint density at radius 3 is 2.39 bits per heavy atom. The fourth-order valence-electron chi connectivity index (χ4n) is 7.88. The first kappa shape index (κ1) is 43.6.